The van der Waals surface area contributed by atoms with E-state index in [0.29, 0.717) is 18.0 Å². The van der Waals surface area contributed by atoms with Crippen molar-refractivity contribution in [2.24, 2.45) is 5.92 Å². The van der Waals surface area contributed by atoms with Gasteiger partial charge in [-0.25, -0.2) is 13.2 Å². The van der Waals surface area contributed by atoms with Gasteiger partial charge < -0.3 is 20.1 Å². The first-order valence-electron chi connectivity index (χ1n) is 13.4. The van der Waals surface area contributed by atoms with Crippen molar-refractivity contribution in [3.63, 3.8) is 0 Å². The Kier molecular flexibility index (Phi) is 10.9. The predicted octanol–water partition coefficient (Wildman–Crippen LogP) is 3.10. The van der Waals surface area contributed by atoms with Gasteiger partial charge in [-0.3, -0.25) is 14.5 Å². The zero-order valence-corrected chi connectivity index (χ0v) is 24.9. The standard InChI is InChI=1S/C27H41N3O7S2/c1-27(2,3)37-26(33)30-14-15-38-25(30)24(32)29-22(18-39(34,35)17-20-8-6-5-7-9-20)23(31)28-16-19-10-12-21(36-4)13-11-19/h10-13,20,22,25H,5-9,14-18H2,1-4H3,(H,28,31)(H,29,32). The summed E-state index contributed by atoms with van der Waals surface area (Å²) in [6.45, 7) is 5.68. The molecule has 1 saturated carbocycles. The van der Waals surface area contributed by atoms with Gasteiger partial charge in [0.15, 0.2) is 15.2 Å². The highest BCUT2D eigenvalue weighted by atomic mass is 32.2. The van der Waals surface area contributed by atoms with Crippen molar-refractivity contribution in [1.82, 2.24) is 15.5 Å². The summed E-state index contributed by atoms with van der Waals surface area (Å²) in [4.78, 5) is 40.5. The molecular formula is C27H41N3O7S2. The molecule has 39 heavy (non-hydrogen) atoms. The Hall–Kier alpha value is -2.47. The van der Waals surface area contributed by atoms with Crippen LogP contribution < -0.4 is 15.4 Å². The van der Waals surface area contributed by atoms with Crippen LogP contribution >= 0.6 is 11.8 Å². The Morgan fingerprint density at radius 3 is 2.38 bits per heavy atom. The molecule has 1 heterocycles. The number of amides is 3. The number of ether oxygens (including phenoxy) is 2. The van der Waals surface area contributed by atoms with E-state index in [-0.39, 0.29) is 18.2 Å². The van der Waals surface area contributed by atoms with Gasteiger partial charge in [-0.05, 0) is 57.2 Å². The molecule has 2 unspecified atom stereocenters. The highest BCUT2D eigenvalue weighted by molar-refractivity contribution is 8.00. The van der Waals surface area contributed by atoms with Crippen LogP contribution in [0.5, 0.6) is 5.75 Å². The summed E-state index contributed by atoms with van der Waals surface area (Å²) in [7, 11) is -2.08. The zero-order chi connectivity index (χ0) is 28.6. The van der Waals surface area contributed by atoms with Crippen molar-refractivity contribution in [2.75, 3.05) is 30.9 Å². The molecule has 1 aliphatic heterocycles. The number of benzene rings is 1. The van der Waals surface area contributed by atoms with Crippen LogP contribution in [0.3, 0.4) is 0 Å². The van der Waals surface area contributed by atoms with Crippen molar-refractivity contribution in [3.05, 3.63) is 29.8 Å². The fourth-order valence-electron chi connectivity index (χ4n) is 4.71. The second-order valence-electron chi connectivity index (χ2n) is 11.1. The van der Waals surface area contributed by atoms with Gasteiger partial charge in [0.1, 0.15) is 17.4 Å². The van der Waals surface area contributed by atoms with Crippen LogP contribution in [-0.4, -0.2) is 79.2 Å². The smallest absolute Gasteiger partial charge is 0.411 e. The molecule has 0 bridgehead atoms. The van der Waals surface area contributed by atoms with E-state index in [1.807, 2.05) is 0 Å². The normalized spacial score (nSPS) is 19.3. The van der Waals surface area contributed by atoms with E-state index in [1.165, 1.54) is 16.7 Å². The average Bonchev–Trinajstić information content (AvgIpc) is 3.37. The Labute approximate surface area is 235 Å². The number of nitrogens with one attached hydrogen (secondary N) is 2. The number of sulfone groups is 1. The number of nitrogens with zero attached hydrogens (tertiary/aromatic N) is 1. The number of hydrogen-bond donors (Lipinski definition) is 2. The minimum atomic E-state index is -3.64. The van der Waals surface area contributed by atoms with Gasteiger partial charge in [-0.1, -0.05) is 31.4 Å². The summed E-state index contributed by atoms with van der Waals surface area (Å²) < 4.78 is 36.9. The molecular weight excluding hydrogens is 542 g/mol. The van der Waals surface area contributed by atoms with E-state index in [1.54, 1.807) is 52.1 Å². The van der Waals surface area contributed by atoms with Crippen LogP contribution in [0, 0.1) is 5.92 Å². The van der Waals surface area contributed by atoms with Gasteiger partial charge in [-0.15, -0.1) is 11.8 Å². The highest BCUT2D eigenvalue weighted by Gasteiger charge is 2.39. The average molecular weight is 584 g/mol. The van der Waals surface area contributed by atoms with Crippen LogP contribution in [0.15, 0.2) is 24.3 Å². The topological polar surface area (TPSA) is 131 Å². The number of methoxy groups -OCH3 is 1. The van der Waals surface area contributed by atoms with Crippen molar-refractivity contribution < 1.29 is 32.3 Å². The molecule has 3 amide bonds. The third-order valence-corrected chi connectivity index (χ3v) is 9.66. The quantitative estimate of drug-likeness (QED) is 0.430. The predicted molar refractivity (Wildman–Crippen MR) is 151 cm³/mol. The Morgan fingerprint density at radius 2 is 1.77 bits per heavy atom. The van der Waals surface area contributed by atoms with Crippen LogP contribution in [0.4, 0.5) is 4.79 Å². The lowest BCUT2D eigenvalue weighted by Gasteiger charge is -2.28. The largest absolute Gasteiger partial charge is 0.497 e. The van der Waals surface area contributed by atoms with E-state index >= 15 is 0 Å². The maximum absolute atomic E-state index is 13.3. The molecule has 2 N–H and O–H groups in total. The van der Waals surface area contributed by atoms with E-state index < -0.39 is 50.5 Å². The fourth-order valence-corrected chi connectivity index (χ4v) is 7.76. The molecule has 0 spiro atoms. The van der Waals surface area contributed by atoms with Crippen LogP contribution in [0.2, 0.25) is 0 Å². The molecule has 3 rings (SSSR count). The van der Waals surface area contributed by atoms with Crippen LogP contribution in [0.1, 0.15) is 58.4 Å². The van der Waals surface area contributed by atoms with Gasteiger partial charge in [0.05, 0.1) is 18.6 Å². The Morgan fingerprint density at radius 1 is 1.10 bits per heavy atom. The monoisotopic (exact) mass is 583 g/mol. The lowest BCUT2D eigenvalue weighted by atomic mass is 9.91. The van der Waals surface area contributed by atoms with Crippen molar-refractivity contribution >= 4 is 39.5 Å². The number of thioether (sulfide) groups is 1. The molecule has 12 heteroatoms. The first-order chi connectivity index (χ1) is 18.4. The molecule has 2 fully saturated rings. The fraction of sp³-hybridized carbons (Fsp3) is 0.667. The summed E-state index contributed by atoms with van der Waals surface area (Å²) in [5.41, 5.74) is 0.0596. The van der Waals surface area contributed by atoms with Crippen LogP contribution in [-0.2, 0) is 30.7 Å². The molecule has 10 nitrogen and oxygen atoms in total. The third kappa shape index (κ3) is 9.90. The minimum Gasteiger partial charge on any atom is -0.497 e. The Bertz CT molecular complexity index is 1100. The first-order valence-corrected chi connectivity index (χ1v) is 16.3. The number of carbonyl (C=O) groups excluding carboxylic acids is 3. The second-order valence-corrected chi connectivity index (χ2v) is 14.4. The molecule has 1 saturated heterocycles. The number of carbonyl (C=O) groups is 3. The molecule has 2 aliphatic rings. The summed E-state index contributed by atoms with van der Waals surface area (Å²) in [6.07, 6.45) is 4.19. The molecule has 0 aromatic heterocycles. The van der Waals surface area contributed by atoms with Crippen molar-refractivity contribution in [2.45, 2.75) is 76.4 Å². The van der Waals surface area contributed by atoms with Gasteiger partial charge in [0, 0.05) is 18.8 Å². The van der Waals surface area contributed by atoms with Gasteiger partial charge >= 0.3 is 6.09 Å². The summed E-state index contributed by atoms with van der Waals surface area (Å²) >= 11 is 1.25. The highest BCUT2D eigenvalue weighted by Crippen LogP contribution is 2.27. The molecule has 1 aliphatic carbocycles. The van der Waals surface area contributed by atoms with Gasteiger partial charge in [-0.2, -0.15) is 0 Å². The molecule has 2 atom stereocenters. The summed E-state index contributed by atoms with van der Waals surface area (Å²) in [5, 5.41) is 4.47. The zero-order valence-electron chi connectivity index (χ0n) is 23.2. The van der Waals surface area contributed by atoms with E-state index in [4.69, 9.17) is 9.47 Å². The maximum atomic E-state index is 13.3. The second kappa shape index (κ2) is 13.7. The SMILES string of the molecule is COc1ccc(CNC(=O)C(CS(=O)(=O)CC2CCCCC2)NC(=O)C2SCCN2C(=O)OC(C)(C)C)cc1. The van der Waals surface area contributed by atoms with E-state index in [0.717, 1.165) is 37.7 Å². The van der Waals surface area contributed by atoms with Gasteiger partial charge in [0.2, 0.25) is 5.91 Å². The lowest BCUT2D eigenvalue weighted by molar-refractivity contribution is -0.129. The number of hydrogen-bond acceptors (Lipinski definition) is 8. The molecule has 0 radical (unpaired) electrons. The lowest BCUT2D eigenvalue weighted by Crippen LogP contribution is -2.55. The molecule has 1 aromatic rings. The summed E-state index contributed by atoms with van der Waals surface area (Å²) in [5.74, 6) is -0.450. The van der Waals surface area contributed by atoms with E-state index in [9.17, 15) is 22.8 Å². The van der Waals surface area contributed by atoms with Crippen molar-refractivity contribution in [1.29, 1.82) is 0 Å². The van der Waals surface area contributed by atoms with Crippen molar-refractivity contribution in [3.8, 4) is 5.75 Å². The number of rotatable bonds is 10. The van der Waals surface area contributed by atoms with Crippen LogP contribution in [0.25, 0.3) is 0 Å². The molecule has 218 valence electrons. The molecule has 1 aromatic carbocycles. The third-order valence-electron chi connectivity index (χ3n) is 6.64. The van der Waals surface area contributed by atoms with Gasteiger partial charge in [0.25, 0.3) is 5.91 Å². The first kappa shape index (κ1) is 31.1. The minimum absolute atomic E-state index is 0.00660. The maximum Gasteiger partial charge on any atom is 0.411 e. The van der Waals surface area contributed by atoms with E-state index in [2.05, 4.69) is 10.6 Å². The summed E-state index contributed by atoms with van der Waals surface area (Å²) in [6, 6.07) is 5.81. The Balaban J connectivity index is 1.71.